The van der Waals surface area contributed by atoms with Crippen LogP contribution in [0.25, 0.3) is 0 Å². The van der Waals surface area contributed by atoms with Gasteiger partial charge in [0, 0.05) is 0 Å². The molecule has 0 unspecified atom stereocenters. The first-order valence-corrected chi connectivity index (χ1v) is 6.60. The molecule has 2 heteroatoms. The van der Waals surface area contributed by atoms with E-state index in [4.69, 9.17) is 4.74 Å². The van der Waals surface area contributed by atoms with Crippen LogP contribution in [0.5, 0.6) is 5.75 Å². The molecule has 0 heterocycles. The summed E-state index contributed by atoms with van der Waals surface area (Å²) in [5.74, 6) is 0.281. The molecule has 0 saturated carbocycles. The third-order valence-corrected chi connectivity index (χ3v) is 3.34. The Balaban J connectivity index is 2.28. The van der Waals surface area contributed by atoms with Crippen molar-refractivity contribution in [1.82, 2.24) is 0 Å². The number of benzene rings is 2. The van der Waals surface area contributed by atoms with Crippen molar-refractivity contribution in [3.63, 3.8) is 0 Å². The first kappa shape index (κ1) is 14.1. The zero-order chi connectivity index (χ0) is 14.5. The fourth-order valence-corrected chi connectivity index (χ4v) is 2.17. The van der Waals surface area contributed by atoms with Crippen LogP contribution in [0.3, 0.4) is 0 Å². The van der Waals surface area contributed by atoms with Crippen LogP contribution in [0.1, 0.15) is 27.0 Å². The first-order chi connectivity index (χ1) is 9.63. The molecule has 0 bridgehead atoms. The largest absolute Gasteiger partial charge is 0.423 e. The number of carbonyl (C=O) groups is 1. The standard InChI is InChI=1S/C18H18O2/c1-4-8-16-13(2)11-12-17(14(16)3)20-18(19)15-9-6-5-7-10-15/h4-7,9-12H,1,8H2,2-3H3. The monoisotopic (exact) mass is 266 g/mol. The Kier molecular flexibility index (Phi) is 4.36. The third kappa shape index (κ3) is 2.97. The van der Waals surface area contributed by atoms with Crippen molar-refractivity contribution in [1.29, 1.82) is 0 Å². The van der Waals surface area contributed by atoms with E-state index in [2.05, 4.69) is 13.5 Å². The predicted octanol–water partition coefficient (Wildman–Crippen LogP) is 4.25. The molecule has 102 valence electrons. The van der Waals surface area contributed by atoms with Gasteiger partial charge in [0.1, 0.15) is 5.75 Å². The van der Waals surface area contributed by atoms with E-state index in [1.807, 2.05) is 43.3 Å². The summed E-state index contributed by atoms with van der Waals surface area (Å²) in [4.78, 5) is 12.1. The Labute approximate surface area is 119 Å². The highest BCUT2D eigenvalue weighted by Crippen LogP contribution is 2.26. The van der Waals surface area contributed by atoms with Crippen molar-refractivity contribution >= 4 is 5.97 Å². The Morgan fingerprint density at radius 3 is 2.50 bits per heavy atom. The zero-order valence-corrected chi connectivity index (χ0v) is 11.8. The number of ether oxygens (including phenoxy) is 1. The molecule has 2 aromatic carbocycles. The molecule has 2 aromatic rings. The van der Waals surface area contributed by atoms with E-state index in [1.165, 1.54) is 11.1 Å². The Morgan fingerprint density at radius 2 is 1.85 bits per heavy atom. The molecule has 0 N–H and O–H groups in total. The molecule has 0 amide bonds. The van der Waals surface area contributed by atoms with Gasteiger partial charge in [-0.3, -0.25) is 0 Å². The summed E-state index contributed by atoms with van der Waals surface area (Å²) in [6.07, 6.45) is 2.63. The molecule has 2 nitrogen and oxygen atoms in total. The van der Waals surface area contributed by atoms with Crippen molar-refractivity contribution in [3.8, 4) is 5.75 Å². The van der Waals surface area contributed by atoms with Crippen LogP contribution >= 0.6 is 0 Å². The third-order valence-electron chi connectivity index (χ3n) is 3.34. The molecule has 2 rings (SSSR count). The average Bonchev–Trinajstić information content (AvgIpc) is 2.47. The highest BCUT2D eigenvalue weighted by molar-refractivity contribution is 5.91. The summed E-state index contributed by atoms with van der Waals surface area (Å²) in [7, 11) is 0. The number of hydrogen-bond acceptors (Lipinski definition) is 2. The Hall–Kier alpha value is -2.35. The number of aryl methyl sites for hydroxylation is 1. The van der Waals surface area contributed by atoms with Gasteiger partial charge in [0.05, 0.1) is 5.56 Å². The summed E-state index contributed by atoms with van der Waals surface area (Å²) in [5.41, 5.74) is 3.90. The lowest BCUT2D eigenvalue weighted by Crippen LogP contribution is -2.10. The highest BCUT2D eigenvalue weighted by atomic mass is 16.5. The van der Waals surface area contributed by atoms with Crippen molar-refractivity contribution in [2.75, 3.05) is 0 Å². The first-order valence-electron chi connectivity index (χ1n) is 6.60. The van der Waals surface area contributed by atoms with E-state index in [-0.39, 0.29) is 5.97 Å². The molecule has 0 aliphatic rings. The van der Waals surface area contributed by atoms with Crippen LogP contribution < -0.4 is 4.74 Å². The predicted molar refractivity (Wildman–Crippen MR) is 81.2 cm³/mol. The minimum Gasteiger partial charge on any atom is -0.423 e. The molecule has 0 aliphatic heterocycles. The maximum atomic E-state index is 12.1. The van der Waals surface area contributed by atoms with Gasteiger partial charge < -0.3 is 4.74 Å². The van der Waals surface area contributed by atoms with E-state index < -0.39 is 0 Å². The van der Waals surface area contributed by atoms with E-state index in [0.29, 0.717) is 11.3 Å². The second-order valence-corrected chi connectivity index (χ2v) is 4.73. The molecule has 0 atom stereocenters. The lowest BCUT2D eigenvalue weighted by atomic mass is 9.99. The van der Waals surface area contributed by atoms with Gasteiger partial charge in [-0.2, -0.15) is 0 Å². The van der Waals surface area contributed by atoms with Crippen LogP contribution in [-0.2, 0) is 6.42 Å². The van der Waals surface area contributed by atoms with Gasteiger partial charge in [0.15, 0.2) is 0 Å². The van der Waals surface area contributed by atoms with Gasteiger partial charge >= 0.3 is 5.97 Å². The molecule has 0 fully saturated rings. The van der Waals surface area contributed by atoms with Gasteiger partial charge in [-0.25, -0.2) is 4.79 Å². The van der Waals surface area contributed by atoms with Gasteiger partial charge in [-0.15, -0.1) is 6.58 Å². The van der Waals surface area contributed by atoms with Crippen LogP contribution in [0.4, 0.5) is 0 Å². The molecule has 0 aliphatic carbocycles. The second kappa shape index (κ2) is 6.20. The Bertz CT molecular complexity index is 627. The summed E-state index contributed by atoms with van der Waals surface area (Å²) < 4.78 is 5.50. The Morgan fingerprint density at radius 1 is 1.15 bits per heavy atom. The van der Waals surface area contributed by atoms with Crippen LogP contribution in [0.2, 0.25) is 0 Å². The van der Waals surface area contributed by atoms with Crippen LogP contribution in [-0.4, -0.2) is 5.97 Å². The van der Waals surface area contributed by atoms with Crippen LogP contribution in [0, 0.1) is 13.8 Å². The van der Waals surface area contributed by atoms with Crippen molar-refractivity contribution < 1.29 is 9.53 Å². The smallest absolute Gasteiger partial charge is 0.343 e. The number of hydrogen-bond donors (Lipinski definition) is 0. The average molecular weight is 266 g/mol. The molecule has 20 heavy (non-hydrogen) atoms. The number of allylic oxidation sites excluding steroid dienone is 1. The van der Waals surface area contributed by atoms with E-state index in [9.17, 15) is 4.79 Å². The number of rotatable bonds is 4. The maximum absolute atomic E-state index is 12.1. The highest BCUT2D eigenvalue weighted by Gasteiger charge is 2.12. The number of esters is 1. The quantitative estimate of drug-likeness (QED) is 0.470. The fraction of sp³-hybridized carbons (Fsp3) is 0.167. The minimum absolute atomic E-state index is 0.331. The molecule has 0 radical (unpaired) electrons. The zero-order valence-electron chi connectivity index (χ0n) is 11.8. The van der Waals surface area contributed by atoms with Crippen molar-refractivity contribution in [2.24, 2.45) is 0 Å². The van der Waals surface area contributed by atoms with Gasteiger partial charge in [0.25, 0.3) is 0 Å². The van der Waals surface area contributed by atoms with Gasteiger partial charge in [-0.05, 0) is 55.2 Å². The molecular weight excluding hydrogens is 248 g/mol. The molecular formula is C18H18O2. The second-order valence-electron chi connectivity index (χ2n) is 4.73. The molecule has 0 saturated heterocycles. The van der Waals surface area contributed by atoms with E-state index in [0.717, 1.165) is 12.0 Å². The van der Waals surface area contributed by atoms with Crippen LogP contribution in [0.15, 0.2) is 55.1 Å². The topological polar surface area (TPSA) is 26.3 Å². The SMILES string of the molecule is C=CCc1c(C)ccc(OC(=O)c2ccccc2)c1C. The fourth-order valence-electron chi connectivity index (χ4n) is 2.17. The van der Waals surface area contributed by atoms with Gasteiger partial charge in [-0.1, -0.05) is 30.3 Å². The summed E-state index contributed by atoms with van der Waals surface area (Å²) in [6.45, 7) is 7.79. The summed E-state index contributed by atoms with van der Waals surface area (Å²) in [6, 6.07) is 12.8. The summed E-state index contributed by atoms with van der Waals surface area (Å²) >= 11 is 0. The lowest BCUT2D eigenvalue weighted by molar-refractivity contribution is 0.0733. The maximum Gasteiger partial charge on any atom is 0.343 e. The van der Waals surface area contributed by atoms with Gasteiger partial charge in [0.2, 0.25) is 0 Å². The lowest BCUT2D eigenvalue weighted by Gasteiger charge is -2.13. The van der Waals surface area contributed by atoms with Crippen molar-refractivity contribution in [2.45, 2.75) is 20.3 Å². The normalized spacial score (nSPS) is 10.1. The molecule has 0 spiro atoms. The van der Waals surface area contributed by atoms with E-state index >= 15 is 0 Å². The van der Waals surface area contributed by atoms with E-state index in [1.54, 1.807) is 12.1 Å². The number of carbonyl (C=O) groups excluding carboxylic acids is 1. The minimum atomic E-state index is -0.331. The molecule has 0 aromatic heterocycles. The van der Waals surface area contributed by atoms with Crippen molar-refractivity contribution in [3.05, 3.63) is 77.4 Å². The summed E-state index contributed by atoms with van der Waals surface area (Å²) in [5, 5.41) is 0.